The summed E-state index contributed by atoms with van der Waals surface area (Å²) in [6, 6.07) is 1.95. The van der Waals surface area contributed by atoms with Gasteiger partial charge in [0, 0.05) is 18.9 Å². The van der Waals surface area contributed by atoms with E-state index in [0.29, 0.717) is 0 Å². The molecule has 84 valence electrons. The van der Waals surface area contributed by atoms with Crippen molar-refractivity contribution in [3.8, 4) is 0 Å². The third-order valence-corrected chi connectivity index (χ3v) is 3.56. The lowest BCUT2D eigenvalue weighted by molar-refractivity contribution is -0.138. The zero-order chi connectivity index (χ0) is 11.5. The Labute approximate surface area is 93.7 Å². The second-order valence-electron chi connectivity index (χ2n) is 3.86. The van der Waals surface area contributed by atoms with Crippen LogP contribution in [-0.2, 0) is 18.3 Å². The highest BCUT2D eigenvalue weighted by molar-refractivity contribution is 8.01. The summed E-state index contributed by atoms with van der Waals surface area (Å²) in [7, 11) is 1.89. The van der Waals surface area contributed by atoms with Gasteiger partial charge in [0.15, 0.2) is 0 Å². The Hall–Kier alpha value is -0.970. The highest BCUT2D eigenvalue weighted by atomic mass is 32.2. The predicted molar refractivity (Wildman–Crippen MR) is 61.1 cm³/mol. The first-order valence-corrected chi connectivity index (χ1v) is 5.76. The molecule has 4 nitrogen and oxygen atoms in total. The van der Waals surface area contributed by atoms with Gasteiger partial charge in [0.2, 0.25) is 0 Å². The van der Waals surface area contributed by atoms with E-state index >= 15 is 0 Å². The highest BCUT2D eigenvalue weighted by Gasteiger charge is 2.27. The van der Waals surface area contributed by atoms with E-state index in [9.17, 15) is 4.79 Å². The minimum atomic E-state index is -0.766. The van der Waals surface area contributed by atoms with E-state index in [0.717, 1.165) is 17.9 Å². The molecule has 1 aromatic heterocycles. The molecule has 0 unspecified atom stereocenters. The maximum Gasteiger partial charge on any atom is 0.319 e. The molecule has 0 saturated heterocycles. The molecule has 0 amide bonds. The van der Waals surface area contributed by atoms with Gasteiger partial charge in [0.05, 0.1) is 0 Å². The van der Waals surface area contributed by atoms with Gasteiger partial charge in [0.1, 0.15) is 4.75 Å². The SMILES string of the molecule is Cn1nccc1CCSC(C)(C)C(=O)O. The van der Waals surface area contributed by atoms with Crippen LogP contribution in [0, 0.1) is 0 Å². The van der Waals surface area contributed by atoms with Gasteiger partial charge < -0.3 is 5.11 Å². The number of carboxylic acids is 1. The number of rotatable bonds is 5. The van der Waals surface area contributed by atoms with Crippen molar-refractivity contribution >= 4 is 17.7 Å². The first kappa shape index (κ1) is 12.1. The Morgan fingerprint density at radius 3 is 2.80 bits per heavy atom. The van der Waals surface area contributed by atoms with Gasteiger partial charge in [-0.3, -0.25) is 9.48 Å². The Morgan fingerprint density at radius 1 is 1.67 bits per heavy atom. The predicted octanol–water partition coefficient (Wildman–Crippen LogP) is 1.56. The molecular formula is C10H16N2O2S. The standard InChI is InChI=1S/C10H16N2O2S/c1-10(2,9(13)14)15-7-5-8-4-6-11-12(8)3/h4,6H,5,7H2,1-3H3,(H,13,14). The number of thioether (sulfide) groups is 1. The van der Waals surface area contributed by atoms with E-state index in [4.69, 9.17) is 5.11 Å². The molecule has 1 rings (SSSR count). The van der Waals surface area contributed by atoms with Gasteiger partial charge in [0.25, 0.3) is 0 Å². The summed E-state index contributed by atoms with van der Waals surface area (Å²) in [4.78, 5) is 10.8. The molecule has 0 saturated carbocycles. The van der Waals surface area contributed by atoms with Crippen LogP contribution in [0.3, 0.4) is 0 Å². The van der Waals surface area contributed by atoms with E-state index in [1.165, 1.54) is 11.8 Å². The molecule has 0 bridgehead atoms. The largest absolute Gasteiger partial charge is 0.480 e. The molecule has 1 N–H and O–H groups in total. The number of hydrogen-bond acceptors (Lipinski definition) is 3. The molecule has 1 heterocycles. The molecule has 0 fully saturated rings. The van der Waals surface area contributed by atoms with Crippen molar-refractivity contribution in [3.05, 3.63) is 18.0 Å². The fourth-order valence-corrected chi connectivity index (χ4v) is 2.06. The molecule has 0 atom stereocenters. The van der Waals surface area contributed by atoms with E-state index in [-0.39, 0.29) is 0 Å². The number of nitrogens with zero attached hydrogens (tertiary/aromatic N) is 2. The normalized spacial score (nSPS) is 11.7. The summed E-state index contributed by atoms with van der Waals surface area (Å²) in [6.07, 6.45) is 2.60. The van der Waals surface area contributed by atoms with Crippen LogP contribution in [0.1, 0.15) is 19.5 Å². The van der Waals surface area contributed by atoms with Gasteiger partial charge >= 0.3 is 5.97 Å². The van der Waals surface area contributed by atoms with Crippen molar-refractivity contribution in [3.63, 3.8) is 0 Å². The Morgan fingerprint density at radius 2 is 2.33 bits per heavy atom. The second kappa shape index (κ2) is 4.70. The fourth-order valence-electron chi connectivity index (χ4n) is 1.12. The third kappa shape index (κ3) is 3.27. The van der Waals surface area contributed by atoms with E-state index in [1.54, 1.807) is 20.0 Å². The zero-order valence-electron chi connectivity index (χ0n) is 9.23. The summed E-state index contributed by atoms with van der Waals surface area (Å²) in [5, 5.41) is 13.0. The van der Waals surface area contributed by atoms with Crippen molar-refractivity contribution < 1.29 is 9.90 Å². The summed E-state index contributed by atoms with van der Waals surface area (Å²) < 4.78 is 1.10. The Balaban J connectivity index is 2.40. The van der Waals surface area contributed by atoms with Crippen molar-refractivity contribution in [1.29, 1.82) is 0 Å². The highest BCUT2D eigenvalue weighted by Crippen LogP contribution is 2.25. The minimum Gasteiger partial charge on any atom is -0.480 e. The van der Waals surface area contributed by atoms with Crippen molar-refractivity contribution in [2.24, 2.45) is 7.05 Å². The second-order valence-corrected chi connectivity index (χ2v) is 5.58. The third-order valence-electron chi connectivity index (χ3n) is 2.26. The molecule has 0 spiro atoms. The molecule has 0 aliphatic heterocycles. The summed E-state index contributed by atoms with van der Waals surface area (Å²) in [6.45, 7) is 3.45. The Bertz CT molecular complexity index is 347. The van der Waals surface area contributed by atoms with Crippen LogP contribution >= 0.6 is 11.8 Å². The van der Waals surface area contributed by atoms with Crippen LogP contribution in [0.5, 0.6) is 0 Å². The maximum atomic E-state index is 10.8. The summed E-state index contributed by atoms with van der Waals surface area (Å²) in [5.41, 5.74) is 1.13. The van der Waals surface area contributed by atoms with Crippen LogP contribution in [0.25, 0.3) is 0 Å². The topological polar surface area (TPSA) is 55.1 Å². The van der Waals surface area contributed by atoms with Gasteiger partial charge in [-0.05, 0) is 32.1 Å². The molecule has 0 aliphatic rings. The number of aryl methyl sites for hydroxylation is 2. The van der Waals surface area contributed by atoms with E-state index in [2.05, 4.69) is 5.10 Å². The van der Waals surface area contributed by atoms with Crippen molar-refractivity contribution in [2.75, 3.05) is 5.75 Å². The van der Waals surface area contributed by atoms with Crippen LogP contribution < -0.4 is 0 Å². The molecule has 15 heavy (non-hydrogen) atoms. The molecule has 0 radical (unpaired) electrons. The van der Waals surface area contributed by atoms with Crippen LogP contribution in [0.4, 0.5) is 0 Å². The number of carboxylic acid groups (broad SMARTS) is 1. The first-order valence-electron chi connectivity index (χ1n) is 4.78. The maximum absolute atomic E-state index is 10.8. The number of carbonyl (C=O) groups is 1. The molecule has 0 aromatic carbocycles. The van der Waals surface area contributed by atoms with Crippen LogP contribution in [-0.4, -0.2) is 31.4 Å². The molecule has 0 aliphatic carbocycles. The lowest BCUT2D eigenvalue weighted by Crippen LogP contribution is -2.27. The van der Waals surface area contributed by atoms with Gasteiger partial charge in [-0.25, -0.2) is 0 Å². The summed E-state index contributed by atoms with van der Waals surface area (Å²) in [5.74, 6) is 0.0243. The van der Waals surface area contributed by atoms with Crippen LogP contribution in [0.2, 0.25) is 0 Å². The summed E-state index contributed by atoms with van der Waals surface area (Å²) >= 11 is 1.45. The van der Waals surface area contributed by atoms with E-state index in [1.807, 2.05) is 17.8 Å². The average molecular weight is 228 g/mol. The monoisotopic (exact) mass is 228 g/mol. The van der Waals surface area contributed by atoms with Crippen LogP contribution in [0.15, 0.2) is 12.3 Å². The lowest BCUT2D eigenvalue weighted by Gasteiger charge is -2.18. The first-order chi connectivity index (χ1) is 6.93. The molecule has 1 aromatic rings. The average Bonchev–Trinajstić information content (AvgIpc) is 2.51. The zero-order valence-corrected chi connectivity index (χ0v) is 10.0. The van der Waals surface area contributed by atoms with Gasteiger partial charge in [-0.1, -0.05) is 0 Å². The Kier molecular flexibility index (Phi) is 3.79. The minimum absolute atomic E-state index is 0.710. The lowest BCUT2D eigenvalue weighted by atomic mass is 10.2. The van der Waals surface area contributed by atoms with Gasteiger partial charge in [-0.2, -0.15) is 5.10 Å². The van der Waals surface area contributed by atoms with Crippen molar-refractivity contribution in [2.45, 2.75) is 25.0 Å². The fraction of sp³-hybridized carbons (Fsp3) is 0.600. The molecule has 5 heteroatoms. The molecular weight excluding hydrogens is 212 g/mol. The number of aliphatic carboxylic acids is 1. The van der Waals surface area contributed by atoms with Gasteiger partial charge in [-0.15, -0.1) is 11.8 Å². The number of aromatic nitrogens is 2. The van der Waals surface area contributed by atoms with E-state index < -0.39 is 10.7 Å². The number of hydrogen-bond donors (Lipinski definition) is 1. The smallest absolute Gasteiger partial charge is 0.319 e. The quantitative estimate of drug-likeness (QED) is 0.831. The van der Waals surface area contributed by atoms with Crippen molar-refractivity contribution in [1.82, 2.24) is 9.78 Å².